The number of nitrogens with zero attached hydrogens (tertiary/aromatic N) is 1. The van der Waals surface area contributed by atoms with Gasteiger partial charge in [0.15, 0.2) is 0 Å². The number of carbonyl (C=O) groups is 1. The number of nitrogens with one attached hydrogen (secondary N) is 1. The van der Waals surface area contributed by atoms with Gasteiger partial charge in [0.25, 0.3) is 0 Å². The highest BCUT2D eigenvalue weighted by Gasteiger charge is 2.12. The van der Waals surface area contributed by atoms with E-state index in [4.69, 9.17) is 13.1 Å². The summed E-state index contributed by atoms with van der Waals surface area (Å²) in [7, 11) is 0. The van der Waals surface area contributed by atoms with Crippen LogP contribution in [0.25, 0.3) is 0 Å². The predicted molar refractivity (Wildman–Crippen MR) is 73.8 cm³/mol. The Kier molecular flexibility index (Phi) is 7.13. The third-order valence-corrected chi connectivity index (χ3v) is 2.50. The molecule has 1 aromatic carbocycles. The Hall–Kier alpha value is -1.33. The fraction of sp³-hybridized carbons (Fsp3) is 0.333. The van der Waals surface area contributed by atoms with E-state index >= 15 is 0 Å². The Bertz CT molecular complexity index is 406. The number of rotatable bonds is 6. The first-order valence-corrected chi connectivity index (χ1v) is 6.22. The number of nitriles is 1. The van der Waals surface area contributed by atoms with Crippen LogP contribution >= 0.6 is 23.0 Å². The van der Waals surface area contributed by atoms with Crippen LogP contribution in [-0.2, 0) is 14.4 Å². The second-order valence-corrected chi connectivity index (χ2v) is 4.16. The Labute approximate surface area is 120 Å². The molecular formula is C12H13IN2O3. The Morgan fingerprint density at radius 3 is 2.78 bits per heavy atom. The lowest BCUT2D eigenvalue weighted by atomic mass is 10.2. The second kappa shape index (κ2) is 8.72. The van der Waals surface area contributed by atoms with Crippen LogP contribution in [0.1, 0.15) is 12.0 Å². The summed E-state index contributed by atoms with van der Waals surface area (Å²) in [4.78, 5) is 11.5. The zero-order valence-electron chi connectivity index (χ0n) is 9.64. The van der Waals surface area contributed by atoms with Gasteiger partial charge in [0.1, 0.15) is 29.6 Å². The fourth-order valence-corrected chi connectivity index (χ4v) is 1.70. The number of hydrogen-bond donors (Lipinski definition) is 1. The van der Waals surface area contributed by atoms with Crippen molar-refractivity contribution in [2.45, 2.75) is 19.1 Å². The van der Waals surface area contributed by atoms with Gasteiger partial charge in [-0.3, -0.25) is 0 Å². The van der Waals surface area contributed by atoms with Crippen molar-refractivity contribution in [3.63, 3.8) is 0 Å². The molecule has 1 unspecified atom stereocenters. The predicted octanol–water partition coefficient (Wildman–Crippen LogP) is 2.56. The van der Waals surface area contributed by atoms with E-state index in [-0.39, 0.29) is 25.7 Å². The summed E-state index contributed by atoms with van der Waals surface area (Å²) in [6.07, 6.45) is -0.365. The third kappa shape index (κ3) is 5.84. The monoisotopic (exact) mass is 360 g/mol. The summed E-state index contributed by atoms with van der Waals surface area (Å²) >= 11 is 1.72. The van der Waals surface area contributed by atoms with Crippen LogP contribution < -0.4 is 5.32 Å². The van der Waals surface area contributed by atoms with Gasteiger partial charge in [-0.15, -0.1) is 0 Å². The number of hydrogen-bond acceptors (Lipinski definition) is 4. The van der Waals surface area contributed by atoms with Gasteiger partial charge in [0.05, 0.1) is 25.1 Å². The van der Waals surface area contributed by atoms with E-state index in [0.29, 0.717) is 0 Å². The van der Waals surface area contributed by atoms with Crippen molar-refractivity contribution in [1.82, 2.24) is 5.32 Å². The van der Waals surface area contributed by atoms with E-state index in [0.717, 1.165) is 5.56 Å². The molecule has 1 amide bonds. The molecular weight excluding hydrogens is 347 g/mol. The first-order valence-electron chi connectivity index (χ1n) is 5.34. The molecule has 6 heteroatoms. The number of amides is 1. The molecule has 0 aliphatic rings. The van der Waals surface area contributed by atoms with Crippen LogP contribution in [0.3, 0.4) is 0 Å². The molecule has 0 saturated carbocycles. The van der Waals surface area contributed by atoms with Gasteiger partial charge in [-0.2, -0.15) is 5.26 Å². The average Bonchev–Trinajstić information content (AvgIpc) is 2.38. The van der Waals surface area contributed by atoms with E-state index in [1.54, 1.807) is 23.0 Å². The molecule has 0 spiro atoms. The maximum absolute atomic E-state index is 11.5. The van der Waals surface area contributed by atoms with Crippen LogP contribution in [0.15, 0.2) is 30.3 Å². The minimum Gasteiger partial charge on any atom is -0.445 e. The van der Waals surface area contributed by atoms with Crippen molar-refractivity contribution in [2.24, 2.45) is 0 Å². The van der Waals surface area contributed by atoms with Crippen LogP contribution in [0.2, 0.25) is 0 Å². The molecule has 1 aromatic rings. The van der Waals surface area contributed by atoms with Crippen molar-refractivity contribution in [1.29, 1.82) is 5.26 Å². The lowest BCUT2D eigenvalue weighted by Crippen LogP contribution is -2.37. The summed E-state index contributed by atoms with van der Waals surface area (Å²) in [6.45, 7) is 0.478. The molecule has 0 saturated heterocycles. The summed E-state index contributed by atoms with van der Waals surface area (Å²) in [5.41, 5.74) is 0.912. The molecule has 0 aliphatic heterocycles. The van der Waals surface area contributed by atoms with Crippen LogP contribution in [0, 0.1) is 11.3 Å². The van der Waals surface area contributed by atoms with Crippen LogP contribution in [0.4, 0.5) is 4.79 Å². The van der Waals surface area contributed by atoms with Gasteiger partial charge >= 0.3 is 6.09 Å². The summed E-state index contributed by atoms with van der Waals surface area (Å²) in [5.74, 6) is 0. The van der Waals surface area contributed by atoms with E-state index < -0.39 is 6.09 Å². The lowest BCUT2D eigenvalue weighted by Gasteiger charge is -2.14. The van der Waals surface area contributed by atoms with Gasteiger partial charge in [0.2, 0.25) is 0 Å². The zero-order chi connectivity index (χ0) is 13.2. The third-order valence-electron chi connectivity index (χ3n) is 2.14. The molecule has 96 valence electrons. The SMILES string of the molecule is N#CCC(COI)NC(=O)OCc1ccccc1. The van der Waals surface area contributed by atoms with Crippen molar-refractivity contribution in [3.8, 4) is 6.07 Å². The molecule has 0 aromatic heterocycles. The minimum atomic E-state index is -0.549. The minimum absolute atomic E-state index is 0.184. The van der Waals surface area contributed by atoms with Gasteiger partial charge in [-0.25, -0.2) is 4.79 Å². The zero-order valence-corrected chi connectivity index (χ0v) is 11.8. The average molecular weight is 360 g/mol. The highest BCUT2D eigenvalue weighted by Crippen LogP contribution is 2.02. The molecule has 1 N–H and O–H groups in total. The standard InChI is InChI=1S/C12H13IN2O3/c13-18-9-11(6-7-14)15-12(16)17-8-10-4-2-1-3-5-10/h1-5,11H,6,8-9H2,(H,15,16). The van der Waals surface area contributed by atoms with E-state index in [2.05, 4.69) is 5.32 Å². The summed E-state index contributed by atoms with van der Waals surface area (Å²) in [5, 5.41) is 11.2. The largest absolute Gasteiger partial charge is 0.445 e. The Balaban J connectivity index is 2.34. The van der Waals surface area contributed by atoms with Gasteiger partial charge in [0, 0.05) is 0 Å². The quantitative estimate of drug-likeness (QED) is 0.792. The molecule has 1 rings (SSSR count). The highest BCUT2D eigenvalue weighted by atomic mass is 127. The molecule has 0 radical (unpaired) electrons. The normalized spacial score (nSPS) is 11.3. The van der Waals surface area contributed by atoms with Gasteiger partial charge < -0.3 is 13.1 Å². The Morgan fingerprint density at radius 1 is 1.44 bits per heavy atom. The van der Waals surface area contributed by atoms with Crippen molar-refractivity contribution in [2.75, 3.05) is 6.61 Å². The number of benzene rings is 1. The van der Waals surface area contributed by atoms with Crippen molar-refractivity contribution < 1.29 is 12.6 Å². The Morgan fingerprint density at radius 2 is 2.17 bits per heavy atom. The smallest absolute Gasteiger partial charge is 0.407 e. The molecule has 1 atom stereocenters. The maximum Gasteiger partial charge on any atom is 0.407 e. The van der Waals surface area contributed by atoms with Crippen molar-refractivity contribution >= 4 is 29.1 Å². The van der Waals surface area contributed by atoms with E-state index in [1.165, 1.54) is 0 Å². The molecule has 5 nitrogen and oxygen atoms in total. The second-order valence-electron chi connectivity index (χ2n) is 3.54. The maximum atomic E-state index is 11.5. The molecule has 0 aliphatic carbocycles. The molecule has 0 bridgehead atoms. The molecule has 18 heavy (non-hydrogen) atoms. The van der Waals surface area contributed by atoms with Crippen LogP contribution in [-0.4, -0.2) is 18.7 Å². The number of halogens is 1. The molecule has 0 fully saturated rings. The number of carbonyl (C=O) groups excluding carboxylic acids is 1. The van der Waals surface area contributed by atoms with E-state index in [1.807, 2.05) is 36.4 Å². The van der Waals surface area contributed by atoms with Gasteiger partial charge in [-0.1, -0.05) is 30.3 Å². The number of alkyl carbamates (subject to hydrolysis) is 1. The number of ether oxygens (including phenoxy) is 1. The van der Waals surface area contributed by atoms with Crippen LogP contribution in [0.5, 0.6) is 0 Å². The topological polar surface area (TPSA) is 71.3 Å². The first-order chi connectivity index (χ1) is 8.76. The molecule has 0 heterocycles. The first kappa shape index (κ1) is 14.7. The lowest BCUT2D eigenvalue weighted by molar-refractivity contribution is 0.133. The summed E-state index contributed by atoms with van der Waals surface area (Å²) < 4.78 is 9.90. The fourth-order valence-electron chi connectivity index (χ4n) is 1.27. The highest BCUT2D eigenvalue weighted by molar-refractivity contribution is 14.1. The van der Waals surface area contributed by atoms with Gasteiger partial charge in [-0.05, 0) is 5.56 Å². The summed E-state index contributed by atoms with van der Waals surface area (Å²) in [6, 6.07) is 11.0. The van der Waals surface area contributed by atoms with E-state index in [9.17, 15) is 4.79 Å². The van der Waals surface area contributed by atoms with Crippen molar-refractivity contribution in [3.05, 3.63) is 35.9 Å².